The number of piperazine rings is 1. The van der Waals surface area contributed by atoms with Crippen LogP contribution in [0.1, 0.15) is 0 Å². The number of hydrogen-bond donors (Lipinski definition) is 0. The van der Waals surface area contributed by atoms with Gasteiger partial charge in [-0.15, -0.1) is 0 Å². The molecule has 0 bridgehead atoms. The van der Waals surface area contributed by atoms with Gasteiger partial charge in [0, 0.05) is 38.8 Å². The zero-order valence-electron chi connectivity index (χ0n) is 19.0. The molecule has 34 heavy (non-hydrogen) atoms. The third-order valence-electron chi connectivity index (χ3n) is 5.70. The fourth-order valence-corrected chi connectivity index (χ4v) is 5.21. The molecular formula is C23H28FN3O6S. The van der Waals surface area contributed by atoms with Gasteiger partial charge in [0.25, 0.3) is 0 Å². The first-order chi connectivity index (χ1) is 16.3. The van der Waals surface area contributed by atoms with Crippen LogP contribution >= 0.6 is 0 Å². The molecule has 0 spiro atoms. The van der Waals surface area contributed by atoms with E-state index in [1.807, 2.05) is 11.9 Å². The van der Waals surface area contributed by atoms with Gasteiger partial charge < -0.3 is 19.1 Å². The summed E-state index contributed by atoms with van der Waals surface area (Å²) in [6, 6.07) is 10.4. The average molecular weight is 494 g/mol. The number of halogens is 1. The highest BCUT2D eigenvalue weighted by molar-refractivity contribution is 7.89. The summed E-state index contributed by atoms with van der Waals surface area (Å²) < 4.78 is 57.0. The topological polar surface area (TPSA) is 88.6 Å². The van der Waals surface area contributed by atoms with Crippen LogP contribution in [-0.4, -0.2) is 94.6 Å². The van der Waals surface area contributed by atoms with Gasteiger partial charge in [0.1, 0.15) is 31.4 Å². The number of sulfonamides is 1. The highest BCUT2D eigenvalue weighted by Crippen LogP contribution is 2.33. The Bertz CT molecular complexity index is 1100. The third kappa shape index (κ3) is 5.78. The molecule has 1 saturated heterocycles. The van der Waals surface area contributed by atoms with Gasteiger partial charge in [-0.1, -0.05) is 0 Å². The van der Waals surface area contributed by atoms with E-state index < -0.39 is 10.0 Å². The molecule has 0 aromatic heterocycles. The molecule has 1 amide bonds. The Labute approximate surface area is 198 Å². The van der Waals surface area contributed by atoms with E-state index in [1.165, 1.54) is 28.6 Å². The minimum absolute atomic E-state index is 0.0688. The van der Waals surface area contributed by atoms with Crippen LogP contribution in [0.25, 0.3) is 0 Å². The first kappa shape index (κ1) is 24.2. The molecule has 9 nitrogen and oxygen atoms in total. The monoisotopic (exact) mass is 493 g/mol. The number of amides is 1. The van der Waals surface area contributed by atoms with Crippen LogP contribution in [0.3, 0.4) is 0 Å². The molecule has 0 unspecified atom stereocenters. The highest BCUT2D eigenvalue weighted by Gasteiger charge is 2.31. The fraction of sp³-hybridized carbons (Fsp3) is 0.435. The Morgan fingerprint density at radius 3 is 2.41 bits per heavy atom. The van der Waals surface area contributed by atoms with E-state index in [-0.39, 0.29) is 36.3 Å². The lowest BCUT2D eigenvalue weighted by molar-refractivity contribution is -0.133. The van der Waals surface area contributed by atoms with Crippen LogP contribution in [0.15, 0.2) is 47.4 Å². The van der Waals surface area contributed by atoms with Crippen molar-refractivity contribution in [1.29, 1.82) is 0 Å². The summed E-state index contributed by atoms with van der Waals surface area (Å²) in [7, 11) is -1.89. The van der Waals surface area contributed by atoms with Crippen LogP contribution in [0.2, 0.25) is 0 Å². The standard InChI is InChI=1S/C23H28FN3O6S/c1-25(12-13-31-19-4-2-18(24)3-5-19)17-23(28)26-8-10-27(11-9-26)34(29,30)20-6-7-21-22(16-20)33-15-14-32-21/h2-7,16H,8-15,17H2,1H3. The first-order valence-electron chi connectivity index (χ1n) is 11.1. The second-order valence-electron chi connectivity index (χ2n) is 8.13. The van der Waals surface area contributed by atoms with Crippen molar-refractivity contribution in [2.75, 3.05) is 66.1 Å². The Hall–Kier alpha value is -2.89. The molecule has 0 N–H and O–H groups in total. The quantitative estimate of drug-likeness (QED) is 0.550. The predicted octanol–water partition coefficient (Wildman–Crippen LogP) is 1.44. The molecule has 2 heterocycles. The SMILES string of the molecule is CN(CCOc1ccc(F)cc1)CC(=O)N1CCN(S(=O)(=O)c2ccc3c(c2)OCCO3)CC1. The van der Waals surface area contributed by atoms with Crippen LogP contribution < -0.4 is 14.2 Å². The Morgan fingerprint density at radius 2 is 1.71 bits per heavy atom. The summed E-state index contributed by atoms with van der Waals surface area (Å²) in [4.78, 5) is 16.3. The van der Waals surface area contributed by atoms with Crippen LogP contribution in [0, 0.1) is 5.82 Å². The van der Waals surface area contributed by atoms with E-state index in [0.717, 1.165) is 0 Å². The van der Waals surface area contributed by atoms with Crippen molar-refractivity contribution in [3.05, 3.63) is 48.3 Å². The Morgan fingerprint density at radius 1 is 1.03 bits per heavy atom. The molecule has 2 aliphatic heterocycles. The lowest BCUT2D eigenvalue weighted by Gasteiger charge is -2.35. The number of likely N-dealkylation sites (N-methyl/N-ethyl adjacent to an activating group) is 1. The minimum atomic E-state index is -3.70. The van der Waals surface area contributed by atoms with Crippen LogP contribution in [0.5, 0.6) is 17.2 Å². The molecule has 0 atom stereocenters. The van der Waals surface area contributed by atoms with Crippen molar-refractivity contribution in [2.45, 2.75) is 4.90 Å². The summed E-state index contributed by atoms with van der Waals surface area (Å²) in [5.41, 5.74) is 0. The van der Waals surface area contributed by atoms with Gasteiger partial charge >= 0.3 is 0 Å². The van der Waals surface area contributed by atoms with Gasteiger partial charge in [-0.2, -0.15) is 4.31 Å². The van der Waals surface area contributed by atoms with Gasteiger partial charge in [0.05, 0.1) is 11.4 Å². The maximum atomic E-state index is 13.1. The van der Waals surface area contributed by atoms with Crippen molar-refractivity contribution >= 4 is 15.9 Å². The number of carbonyl (C=O) groups excluding carboxylic acids is 1. The zero-order chi connectivity index (χ0) is 24.1. The largest absolute Gasteiger partial charge is 0.492 e. The average Bonchev–Trinajstić information content (AvgIpc) is 2.85. The zero-order valence-corrected chi connectivity index (χ0v) is 19.8. The van der Waals surface area contributed by atoms with Gasteiger partial charge in [-0.05, 0) is 43.4 Å². The van der Waals surface area contributed by atoms with E-state index in [1.54, 1.807) is 23.1 Å². The lowest BCUT2D eigenvalue weighted by atomic mass is 10.3. The van der Waals surface area contributed by atoms with Crippen molar-refractivity contribution in [1.82, 2.24) is 14.1 Å². The summed E-state index contributed by atoms with van der Waals surface area (Å²) in [5.74, 6) is 1.13. The smallest absolute Gasteiger partial charge is 0.243 e. The van der Waals surface area contributed by atoms with Crippen LogP contribution in [0.4, 0.5) is 4.39 Å². The van der Waals surface area contributed by atoms with E-state index in [0.29, 0.717) is 56.7 Å². The van der Waals surface area contributed by atoms with Gasteiger partial charge in [0.15, 0.2) is 11.5 Å². The minimum Gasteiger partial charge on any atom is -0.492 e. The van der Waals surface area contributed by atoms with Crippen LogP contribution in [-0.2, 0) is 14.8 Å². The van der Waals surface area contributed by atoms with E-state index in [2.05, 4.69) is 0 Å². The summed E-state index contributed by atoms with van der Waals surface area (Å²) in [5, 5.41) is 0. The first-order valence-corrected chi connectivity index (χ1v) is 12.5. The van der Waals surface area contributed by atoms with Crippen molar-refractivity contribution in [2.24, 2.45) is 0 Å². The molecule has 2 aliphatic rings. The second-order valence-corrected chi connectivity index (χ2v) is 10.1. The molecule has 184 valence electrons. The molecule has 0 saturated carbocycles. The highest BCUT2D eigenvalue weighted by atomic mass is 32.2. The normalized spacial score (nSPS) is 16.5. The van der Waals surface area contributed by atoms with Crippen molar-refractivity contribution < 1.29 is 31.8 Å². The van der Waals surface area contributed by atoms with E-state index in [4.69, 9.17) is 14.2 Å². The Kier molecular flexibility index (Phi) is 7.54. The maximum Gasteiger partial charge on any atom is 0.243 e. The molecule has 1 fully saturated rings. The molecule has 0 radical (unpaired) electrons. The number of fused-ring (bicyclic) bond motifs is 1. The maximum absolute atomic E-state index is 13.1. The molecule has 0 aliphatic carbocycles. The fourth-order valence-electron chi connectivity index (χ4n) is 3.77. The predicted molar refractivity (Wildman–Crippen MR) is 122 cm³/mol. The summed E-state index contributed by atoms with van der Waals surface area (Å²) in [6.45, 7) is 2.97. The number of nitrogens with zero attached hydrogens (tertiary/aromatic N) is 3. The molecular weight excluding hydrogens is 465 g/mol. The summed E-state index contributed by atoms with van der Waals surface area (Å²) in [6.07, 6.45) is 0. The molecule has 2 aromatic carbocycles. The number of benzene rings is 2. The number of ether oxygens (including phenoxy) is 3. The van der Waals surface area contributed by atoms with Crippen molar-refractivity contribution in [3.8, 4) is 17.2 Å². The Balaban J connectivity index is 1.24. The van der Waals surface area contributed by atoms with Gasteiger partial charge in [-0.25, -0.2) is 12.8 Å². The van der Waals surface area contributed by atoms with Crippen molar-refractivity contribution in [3.63, 3.8) is 0 Å². The number of hydrogen-bond acceptors (Lipinski definition) is 7. The second kappa shape index (κ2) is 10.6. The molecule has 2 aromatic rings. The van der Waals surface area contributed by atoms with Gasteiger partial charge in [-0.3, -0.25) is 9.69 Å². The third-order valence-corrected chi connectivity index (χ3v) is 7.60. The molecule has 4 rings (SSSR count). The van der Waals surface area contributed by atoms with E-state index in [9.17, 15) is 17.6 Å². The van der Waals surface area contributed by atoms with E-state index >= 15 is 0 Å². The van der Waals surface area contributed by atoms with Gasteiger partial charge in [0.2, 0.25) is 15.9 Å². The summed E-state index contributed by atoms with van der Waals surface area (Å²) >= 11 is 0. The number of carbonyl (C=O) groups is 1. The molecule has 11 heteroatoms. The lowest BCUT2D eigenvalue weighted by Crippen LogP contribution is -2.52. The number of rotatable bonds is 8.